The number of carbonyl (C=O) groups excluding carboxylic acids is 4. The molecular weight excluding hydrogens is 712 g/mol. The predicted octanol–water partition coefficient (Wildman–Crippen LogP) is 1.54. The number of guanidine groups is 1. The van der Waals surface area contributed by atoms with E-state index >= 15 is 0 Å². The van der Waals surface area contributed by atoms with E-state index in [0.717, 1.165) is 36.9 Å². The van der Waals surface area contributed by atoms with E-state index in [2.05, 4.69) is 32.9 Å². The summed E-state index contributed by atoms with van der Waals surface area (Å²) in [5.41, 5.74) is 12.8. The van der Waals surface area contributed by atoms with Crippen molar-refractivity contribution < 1.29 is 43.6 Å². The van der Waals surface area contributed by atoms with Crippen molar-refractivity contribution in [3.05, 3.63) is 53.6 Å². The normalized spacial score (nSPS) is 18.2. The highest BCUT2D eigenvalue weighted by Gasteiger charge is 2.42. The molecule has 17 heteroatoms. The number of amides is 2. The van der Waals surface area contributed by atoms with Crippen LogP contribution in [0.15, 0.2) is 47.3 Å². The quantitative estimate of drug-likeness (QED) is 0.0363. The van der Waals surface area contributed by atoms with Crippen molar-refractivity contribution in [2.24, 2.45) is 16.5 Å². The summed E-state index contributed by atoms with van der Waals surface area (Å²) in [7, 11) is 0. The molecule has 3 unspecified atom stereocenters. The Bertz CT molecular complexity index is 1590. The van der Waals surface area contributed by atoms with E-state index in [9.17, 15) is 29.4 Å². The Morgan fingerprint density at radius 3 is 2.45 bits per heavy atom. The molecule has 2 aromatic rings. The number of rotatable bonds is 25. The van der Waals surface area contributed by atoms with Crippen LogP contribution in [0.2, 0.25) is 0 Å². The number of aryl methyl sites for hydroxylation is 1. The molecule has 0 aliphatic carbocycles. The van der Waals surface area contributed by atoms with Gasteiger partial charge in [-0.15, -0.1) is 5.10 Å². The number of hydrogen-bond donors (Lipinski definition) is 6. The van der Waals surface area contributed by atoms with E-state index in [1.54, 1.807) is 13.0 Å². The highest BCUT2D eigenvalue weighted by Crippen LogP contribution is 2.24. The van der Waals surface area contributed by atoms with E-state index in [-0.39, 0.29) is 48.9 Å². The molecule has 1 aliphatic rings. The van der Waals surface area contributed by atoms with Gasteiger partial charge in [0.15, 0.2) is 5.96 Å². The van der Waals surface area contributed by atoms with Gasteiger partial charge in [0.25, 0.3) is 0 Å². The Kier molecular flexibility index (Phi) is 18.7. The van der Waals surface area contributed by atoms with Crippen LogP contribution in [0, 0.1) is 0 Å². The number of nitrogens with zero attached hydrogens (tertiary/aromatic N) is 4. The van der Waals surface area contributed by atoms with Gasteiger partial charge in [-0.2, -0.15) is 0 Å². The first-order valence-corrected chi connectivity index (χ1v) is 18.8. The number of carbonyl (C=O) groups is 4. The third-order valence-electron chi connectivity index (χ3n) is 8.95. The van der Waals surface area contributed by atoms with Crippen molar-refractivity contribution in [1.82, 2.24) is 25.6 Å². The minimum Gasteiger partial charge on any atom is -0.491 e. The van der Waals surface area contributed by atoms with Crippen molar-refractivity contribution >= 4 is 29.3 Å². The van der Waals surface area contributed by atoms with Gasteiger partial charge in [-0.05, 0) is 63.8 Å². The van der Waals surface area contributed by atoms with Gasteiger partial charge < -0.3 is 46.5 Å². The Balaban J connectivity index is 1.26. The number of nitrogens with two attached hydrogens (primary N) is 2. The zero-order valence-electron chi connectivity index (χ0n) is 32.3. The van der Waals surface area contributed by atoms with Gasteiger partial charge in [0.2, 0.25) is 11.8 Å². The van der Waals surface area contributed by atoms with Gasteiger partial charge in [0, 0.05) is 26.3 Å². The number of benzene rings is 1. The minimum absolute atomic E-state index is 0.0125. The Hall–Kier alpha value is -4.87. The molecule has 6 atom stereocenters. The molecule has 1 aliphatic heterocycles. The summed E-state index contributed by atoms with van der Waals surface area (Å²) < 4.78 is 19.0. The van der Waals surface area contributed by atoms with Gasteiger partial charge in [0.1, 0.15) is 47.9 Å². The maximum atomic E-state index is 12.5. The fourth-order valence-corrected chi connectivity index (χ4v) is 6.09. The number of hydrogen-bond acceptors (Lipinski definition) is 12. The van der Waals surface area contributed by atoms with Crippen molar-refractivity contribution in [1.29, 1.82) is 0 Å². The van der Waals surface area contributed by atoms with E-state index in [0.29, 0.717) is 50.6 Å². The van der Waals surface area contributed by atoms with Crippen LogP contribution in [0.4, 0.5) is 0 Å². The first kappa shape index (κ1) is 44.5. The highest BCUT2D eigenvalue weighted by molar-refractivity contribution is 5.97. The average molecular weight is 771 g/mol. The number of ether oxygens (including phenoxy) is 3. The summed E-state index contributed by atoms with van der Waals surface area (Å²) in [6.07, 6.45) is 5.08. The molecular formula is C38H58N8O9. The molecule has 304 valence electrons. The zero-order valence-corrected chi connectivity index (χ0v) is 32.3. The fraction of sp³-hybridized carbons (Fsp3) is 0.605. The number of nitrogens with one attached hydrogen (secondary N) is 2. The molecule has 1 aromatic heterocycles. The van der Waals surface area contributed by atoms with Crippen LogP contribution in [-0.4, -0.2) is 105 Å². The summed E-state index contributed by atoms with van der Waals surface area (Å²) in [6, 6.07) is 6.10. The van der Waals surface area contributed by atoms with Crippen LogP contribution in [0.25, 0.3) is 0 Å². The Labute approximate surface area is 322 Å². The number of aliphatic hydroxyl groups excluding tert-OH is 2. The largest absolute Gasteiger partial charge is 0.491 e. The lowest BCUT2D eigenvalue weighted by Crippen LogP contribution is -2.60. The molecule has 17 nitrogen and oxygen atoms in total. The molecule has 2 heterocycles. The van der Waals surface area contributed by atoms with Crippen molar-refractivity contribution in [2.45, 2.75) is 129 Å². The third-order valence-corrected chi connectivity index (χ3v) is 8.95. The van der Waals surface area contributed by atoms with Gasteiger partial charge in [-0.25, -0.2) is 9.67 Å². The number of aliphatic imine (C=N–C) groups is 1. The third kappa shape index (κ3) is 16.6. The second kappa shape index (κ2) is 23.1. The maximum Gasteiger partial charge on any atom is 0.220 e. The molecule has 0 saturated carbocycles. The van der Waals surface area contributed by atoms with Gasteiger partial charge in [0.05, 0.1) is 49.7 Å². The van der Waals surface area contributed by atoms with E-state index in [1.807, 2.05) is 35.1 Å². The fourth-order valence-electron chi connectivity index (χ4n) is 6.09. The first-order chi connectivity index (χ1) is 26.2. The maximum absolute atomic E-state index is 12.5. The topological polar surface area (TPSA) is 256 Å². The molecule has 1 aromatic carbocycles. The smallest absolute Gasteiger partial charge is 0.220 e. The lowest BCUT2D eigenvalue weighted by atomic mass is 9.92. The zero-order chi connectivity index (χ0) is 40.3. The van der Waals surface area contributed by atoms with Crippen LogP contribution < -0.4 is 26.8 Å². The van der Waals surface area contributed by atoms with Crippen molar-refractivity contribution in [2.75, 3.05) is 19.8 Å². The molecule has 0 spiro atoms. The second-order valence-corrected chi connectivity index (χ2v) is 13.9. The summed E-state index contributed by atoms with van der Waals surface area (Å²) >= 11 is 0. The first-order valence-electron chi connectivity index (χ1n) is 18.8. The molecule has 8 N–H and O–H groups in total. The summed E-state index contributed by atoms with van der Waals surface area (Å²) in [4.78, 5) is 51.2. The second-order valence-electron chi connectivity index (χ2n) is 13.9. The van der Waals surface area contributed by atoms with E-state index in [4.69, 9.17) is 25.7 Å². The monoisotopic (exact) mass is 770 g/mol. The molecule has 2 amide bonds. The molecule has 3 rings (SSSR count). The highest BCUT2D eigenvalue weighted by atomic mass is 16.5. The summed E-state index contributed by atoms with van der Waals surface area (Å²) in [6.45, 7) is 7.30. The number of allylic oxidation sites excluding steroid dienone is 1. The number of ketones is 2. The van der Waals surface area contributed by atoms with Gasteiger partial charge in [-0.3, -0.25) is 19.2 Å². The lowest BCUT2D eigenvalue weighted by molar-refractivity contribution is -0.127. The lowest BCUT2D eigenvalue weighted by Gasteiger charge is -2.39. The van der Waals surface area contributed by atoms with E-state index in [1.165, 1.54) is 13.8 Å². The molecule has 55 heavy (non-hydrogen) atoms. The van der Waals surface area contributed by atoms with Crippen LogP contribution >= 0.6 is 0 Å². The van der Waals surface area contributed by atoms with Crippen LogP contribution in [0.1, 0.15) is 96.4 Å². The van der Waals surface area contributed by atoms with Crippen LogP contribution in [0.3, 0.4) is 0 Å². The number of aliphatic hydroxyl groups is 2. The van der Waals surface area contributed by atoms with Gasteiger partial charge >= 0.3 is 0 Å². The Morgan fingerprint density at radius 1 is 1.04 bits per heavy atom. The van der Waals surface area contributed by atoms with Crippen molar-refractivity contribution in [3.8, 4) is 5.75 Å². The number of unbranched alkanes of at least 4 members (excludes halogenated alkanes) is 3. The van der Waals surface area contributed by atoms with Crippen LogP contribution in [-0.2, 0) is 41.7 Å². The van der Waals surface area contributed by atoms with Gasteiger partial charge in [-0.1, -0.05) is 36.6 Å². The SMILES string of the molecule is CC(=O)CC(=O)CCc1ccc(OCCOCc2cn(C(C)CCCCCCC(=O)NC[C@@H](O)C(O)C3OC(C)=C[C@H](N=C(N)N)[C@H]3NC(C)=O)nn2)cc1. The molecule has 0 fully saturated rings. The number of aromatic nitrogens is 3. The minimum atomic E-state index is -1.46. The molecule has 0 saturated heterocycles. The predicted molar refractivity (Wildman–Crippen MR) is 204 cm³/mol. The standard InChI is InChI=1S/C38H58N8O9/c1-24(46-22-29(44-45-46)23-53-17-18-54-31-15-12-28(13-16-31)11-14-30(49)19-25(2)47)9-7-5-6-8-10-34(51)41-21-33(50)36(52)37-35(42-27(4)48)32(43-38(39)40)20-26(3)55-37/h12-13,15-16,20,22,24,32-33,35-37,50,52H,5-11,14,17-19,21,23H2,1-4H3,(H,41,51)(H,42,48)(H4,39,40,43)/t24?,32-,33+,35+,36?,37?/m0/s1. The summed E-state index contributed by atoms with van der Waals surface area (Å²) in [5, 5.41) is 35.4. The molecule has 0 radical (unpaired) electrons. The van der Waals surface area contributed by atoms with Crippen molar-refractivity contribution in [3.63, 3.8) is 0 Å². The average Bonchev–Trinajstić information content (AvgIpc) is 3.60. The van der Waals surface area contributed by atoms with Crippen LogP contribution in [0.5, 0.6) is 5.75 Å². The molecule has 0 bridgehead atoms. The van der Waals surface area contributed by atoms with E-state index < -0.39 is 36.3 Å². The number of Topliss-reactive ketones (excluding diaryl/α,β-unsaturated/α-hetero) is 2. The Morgan fingerprint density at radius 2 is 1.76 bits per heavy atom. The summed E-state index contributed by atoms with van der Waals surface area (Å²) in [5.74, 6) is 0.112.